The van der Waals surface area contributed by atoms with Crippen LogP contribution in [0.15, 0.2) is 18.2 Å². The first kappa shape index (κ1) is 14.8. The number of halogens is 2. The third-order valence-corrected chi connectivity index (χ3v) is 6.45. The van der Waals surface area contributed by atoms with Crippen LogP contribution in [0.2, 0.25) is 10.0 Å². The number of benzene rings is 1. The van der Waals surface area contributed by atoms with Gasteiger partial charge in [-0.3, -0.25) is 4.79 Å². The van der Waals surface area contributed by atoms with Crippen molar-refractivity contribution in [2.45, 2.75) is 44.9 Å². The van der Waals surface area contributed by atoms with Crippen molar-refractivity contribution in [3.63, 3.8) is 0 Å². The first-order valence-electron chi connectivity index (χ1n) is 8.26. The summed E-state index contributed by atoms with van der Waals surface area (Å²) in [6.45, 7) is 0. The fourth-order valence-corrected chi connectivity index (χ4v) is 6.09. The van der Waals surface area contributed by atoms with Crippen LogP contribution < -0.4 is 5.32 Å². The summed E-state index contributed by atoms with van der Waals surface area (Å²) in [5, 5.41) is 4.08. The second-order valence-electron chi connectivity index (χ2n) is 7.77. The van der Waals surface area contributed by atoms with Crippen molar-refractivity contribution in [1.82, 2.24) is 0 Å². The molecule has 0 unspecified atom stereocenters. The van der Waals surface area contributed by atoms with Crippen LogP contribution in [0.4, 0.5) is 5.69 Å². The predicted octanol–water partition coefficient (Wildman–Crippen LogP) is 5.54. The molecule has 1 N–H and O–H groups in total. The molecule has 0 heterocycles. The van der Waals surface area contributed by atoms with E-state index in [1.807, 2.05) is 0 Å². The summed E-state index contributed by atoms with van der Waals surface area (Å²) in [6.07, 6.45) is 8.62. The molecule has 0 atom stereocenters. The van der Waals surface area contributed by atoms with Gasteiger partial charge in [0.05, 0.1) is 10.7 Å². The van der Waals surface area contributed by atoms with Gasteiger partial charge in [-0.2, -0.15) is 0 Å². The number of hydrogen-bond donors (Lipinski definition) is 1. The third-order valence-electron chi connectivity index (χ3n) is 5.91. The first-order chi connectivity index (χ1) is 10.5. The van der Waals surface area contributed by atoms with Crippen LogP contribution in [0.1, 0.15) is 44.9 Å². The molecule has 0 radical (unpaired) electrons. The number of rotatable bonds is 3. The average Bonchev–Trinajstić information content (AvgIpc) is 2.39. The van der Waals surface area contributed by atoms with Crippen molar-refractivity contribution < 1.29 is 4.79 Å². The molecule has 0 saturated heterocycles. The molecular formula is C18H21Cl2NO. The van der Waals surface area contributed by atoms with E-state index >= 15 is 0 Å². The lowest BCUT2D eigenvalue weighted by atomic mass is 9.49. The van der Waals surface area contributed by atoms with Crippen LogP contribution in [-0.4, -0.2) is 5.91 Å². The fourth-order valence-electron chi connectivity index (χ4n) is 5.63. The molecule has 4 fully saturated rings. The lowest BCUT2D eigenvalue weighted by Gasteiger charge is -2.56. The number of amides is 1. The molecule has 118 valence electrons. The van der Waals surface area contributed by atoms with Gasteiger partial charge in [0.1, 0.15) is 0 Å². The molecule has 1 aromatic carbocycles. The van der Waals surface area contributed by atoms with Crippen LogP contribution in [0.3, 0.4) is 0 Å². The molecule has 4 bridgehead atoms. The van der Waals surface area contributed by atoms with E-state index in [4.69, 9.17) is 23.2 Å². The Bertz CT molecular complexity index is 578. The molecule has 0 spiro atoms. The van der Waals surface area contributed by atoms with E-state index in [1.54, 1.807) is 18.2 Å². The van der Waals surface area contributed by atoms with E-state index in [1.165, 1.54) is 38.5 Å². The second-order valence-corrected chi connectivity index (χ2v) is 8.61. The summed E-state index contributed by atoms with van der Waals surface area (Å²) in [4.78, 5) is 12.5. The zero-order valence-corrected chi connectivity index (χ0v) is 14.1. The SMILES string of the molecule is O=C(CC12CC3CC(CC(C3)C1)C2)Nc1ccc(Cl)cc1Cl. The van der Waals surface area contributed by atoms with Gasteiger partial charge in [0.15, 0.2) is 0 Å². The number of carbonyl (C=O) groups excluding carboxylic acids is 1. The maximum absolute atomic E-state index is 12.5. The van der Waals surface area contributed by atoms with Gasteiger partial charge in [-0.15, -0.1) is 0 Å². The molecule has 0 aromatic heterocycles. The van der Waals surface area contributed by atoms with Crippen molar-refractivity contribution in [2.24, 2.45) is 23.2 Å². The molecule has 4 heteroatoms. The van der Waals surface area contributed by atoms with Crippen LogP contribution in [-0.2, 0) is 4.79 Å². The Labute approximate surface area is 141 Å². The summed E-state index contributed by atoms with van der Waals surface area (Å²) < 4.78 is 0. The van der Waals surface area contributed by atoms with Gasteiger partial charge in [0.2, 0.25) is 5.91 Å². The summed E-state index contributed by atoms with van der Waals surface area (Å²) in [5.74, 6) is 2.72. The van der Waals surface area contributed by atoms with Gasteiger partial charge < -0.3 is 5.32 Å². The number of carbonyl (C=O) groups is 1. The molecule has 22 heavy (non-hydrogen) atoms. The number of hydrogen-bond acceptors (Lipinski definition) is 1. The highest BCUT2D eigenvalue weighted by molar-refractivity contribution is 6.36. The van der Waals surface area contributed by atoms with Gasteiger partial charge in [-0.05, 0) is 79.9 Å². The van der Waals surface area contributed by atoms with Crippen LogP contribution >= 0.6 is 23.2 Å². The Morgan fingerprint density at radius 2 is 1.68 bits per heavy atom. The molecule has 4 aliphatic rings. The molecule has 4 aliphatic carbocycles. The highest BCUT2D eigenvalue weighted by Crippen LogP contribution is 2.61. The average molecular weight is 338 g/mol. The van der Waals surface area contributed by atoms with Gasteiger partial charge in [-0.1, -0.05) is 23.2 Å². The molecule has 1 aromatic rings. The Kier molecular flexibility index (Phi) is 3.65. The Balaban J connectivity index is 1.46. The zero-order chi connectivity index (χ0) is 15.3. The van der Waals surface area contributed by atoms with Crippen LogP contribution in [0.25, 0.3) is 0 Å². The van der Waals surface area contributed by atoms with Crippen molar-refractivity contribution >= 4 is 34.8 Å². The number of nitrogens with one attached hydrogen (secondary N) is 1. The quantitative estimate of drug-likeness (QED) is 0.770. The van der Waals surface area contributed by atoms with E-state index in [-0.39, 0.29) is 11.3 Å². The van der Waals surface area contributed by atoms with E-state index in [0.29, 0.717) is 22.2 Å². The van der Waals surface area contributed by atoms with Crippen LogP contribution in [0, 0.1) is 23.2 Å². The summed E-state index contributed by atoms with van der Waals surface area (Å²) in [6, 6.07) is 5.21. The molecule has 2 nitrogen and oxygen atoms in total. The number of anilines is 1. The topological polar surface area (TPSA) is 29.1 Å². The Morgan fingerprint density at radius 3 is 2.23 bits per heavy atom. The van der Waals surface area contributed by atoms with Gasteiger partial charge >= 0.3 is 0 Å². The third kappa shape index (κ3) is 2.76. The lowest BCUT2D eigenvalue weighted by Crippen LogP contribution is -2.47. The van der Waals surface area contributed by atoms with Gasteiger partial charge in [0, 0.05) is 11.4 Å². The predicted molar refractivity (Wildman–Crippen MR) is 90.3 cm³/mol. The second kappa shape index (κ2) is 5.42. The molecule has 5 rings (SSSR count). The summed E-state index contributed by atoms with van der Waals surface area (Å²) in [7, 11) is 0. The molecular weight excluding hydrogens is 317 g/mol. The lowest BCUT2D eigenvalue weighted by molar-refractivity contribution is -0.124. The van der Waals surface area contributed by atoms with E-state index in [2.05, 4.69) is 5.32 Å². The highest BCUT2D eigenvalue weighted by atomic mass is 35.5. The fraction of sp³-hybridized carbons (Fsp3) is 0.611. The minimum absolute atomic E-state index is 0.103. The molecule has 4 saturated carbocycles. The maximum atomic E-state index is 12.5. The van der Waals surface area contributed by atoms with Crippen molar-refractivity contribution in [2.75, 3.05) is 5.32 Å². The summed E-state index contributed by atoms with van der Waals surface area (Å²) >= 11 is 12.1. The minimum atomic E-state index is 0.103. The maximum Gasteiger partial charge on any atom is 0.224 e. The molecule has 0 aliphatic heterocycles. The zero-order valence-electron chi connectivity index (χ0n) is 12.6. The van der Waals surface area contributed by atoms with E-state index in [0.717, 1.165) is 17.8 Å². The standard InChI is InChI=1S/C18H21Cl2NO/c19-14-1-2-16(15(20)6-14)21-17(22)10-18-7-11-3-12(8-18)5-13(4-11)9-18/h1-2,6,11-13H,3-5,7-10H2,(H,21,22). The molecule has 1 amide bonds. The van der Waals surface area contributed by atoms with Gasteiger partial charge in [0.25, 0.3) is 0 Å². The van der Waals surface area contributed by atoms with Crippen molar-refractivity contribution in [3.8, 4) is 0 Å². The van der Waals surface area contributed by atoms with E-state index in [9.17, 15) is 4.79 Å². The van der Waals surface area contributed by atoms with Crippen LogP contribution in [0.5, 0.6) is 0 Å². The van der Waals surface area contributed by atoms with Crippen molar-refractivity contribution in [3.05, 3.63) is 28.2 Å². The largest absolute Gasteiger partial charge is 0.325 e. The smallest absolute Gasteiger partial charge is 0.224 e. The Morgan fingerprint density at radius 1 is 1.09 bits per heavy atom. The highest BCUT2D eigenvalue weighted by Gasteiger charge is 2.51. The van der Waals surface area contributed by atoms with E-state index < -0.39 is 0 Å². The van der Waals surface area contributed by atoms with Crippen molar-refractivity contribution in [1.29, 1.82) is 0 Å². The van der Waals surface area contributed by atoms with Gasteiger partial charge in [-0.25, -0.2) is 0 Å². The summed E-state index contributed by atoms with van der Waals surface area (Å²) in [5.41, 5.74) is 0.929. The normalized spacial score (nSPS) is 35.6. The first-order valence-corrected chi connectivity index (χ1v) is 9.02. The minimum Gasteiger partial charge on any atom is -0.325 e. The Hall–Kier alpha value is -0.730. The monoisotopic (exact) mass is 337 g/mol.